The van der Waals surface area contributed by atoms with Crippen LogP contribution < -0.4 is 0 Å². The highest BCUT2D eigenvalue weighted by Crippen LogP contribution is 2.40. The summed E-state index contributed by atoms with van der Waals surface area (Å²) in [6.45, 7) is 0. The van der Waals surface area contributed by atoms with Crippen molar-refractivity contribution in [3.63, 3.8) is 0 Å². The molecule has 0 unspecified atom stereocenters. The number of hydrogen-bond donors (Lipinski definition) is 1. The molecule has 0 amide bonds. The van der Waals surface area contributed by atoms with Crippen LogP contribution in [0.3, 0.4) is 0 Å². The summed E-state index contributed by atoms with van der Waals surface area (Å²) in [5.41, 5.74) is -0.439. The number of carbonyl (C=O) groups is 1. The summed E-state index contributed by atoms with van der Waals surface area (Å²) in [5, 5.41) is 12.7. The molecule has 2 rings (SSSR count). The molecule has 1 fully saturated rings. The molecule has 6 nitrogen and oxygen atoms in total. The zero-order valence-corrected chi connectivity index (χ0v) is 10.3. The average molecular weight is 258 g/mol. The molecule has 17 heavy (non-hydrogen) atoms. The van der Waals surface area contributed by atoms with Gasteiger partial charge in [-0.15, -0.1) is 0 Å². The Labute approximate surface area is 103 Å². The molecule has 0 bridgehead atoms. The second-order valence-electron chi connectivity index (χ2n) is 3.97. The third kappa shape index (κ3) is 2.61. The molecule has 1 aliphatic rings. The average Bonchev–Trinajstić information content (AvgIpc) is 2.96. The molecule has 94 valence electrons. The number of aliphatic carboxylic acids is 1. The first-order valence-electron chi connectivity index (χ1n) is 5.40. The number of methoxy groups -OCH3 is 1. The Kier molecular flexibility index (Phi) is 3.68. The van der Waals surface area contributed by atoms with Crippen molar-refractivity contribution < 1.29 is 19.2 Å². The summed E-state index contributed by atoms with van der Waals surface area (Å²) >= 11 is 1.02. The van der Waals surface area contributed by atoms with Crippen LogP contribution in [0.25, 0.3) is 0 Å². The van der Waals surface area contributed by atoms with Crippen LogP contribution in [0.1, 0.15) is 31.5 Å². The van der Waals surface area contributed by atoms with Crippen molar-refractivity contribution in [3.05, 3.63) is 5.82 Å². The SMILES string of the molecule is COC1(c2noc(SCC(=O)O)n2)CCCC1. The lowest BCUT2D eigenvalue weighted by Crippen LogP contribution is -2.25. The monoisotopic (exact) mass is 258 g/mol. The first kappa shape index (κ1) is 12.4. The first-order chi connectivity index (χ1) is 8.16. The molecule has 1 saturated carbocycles. The lowest BCUT2D eigenvalue weighted by Gasteiger charge is -2.22. The highest BCUT2D eigenvalue weighted by Gasteiger charge is 2.40. The van der Waals surface area contributed by atoms with Crippen molar-refractivity contribution >= 4 is 17.7 Å². The van der Waals surface area contributed by atoms with E-state index in [0.717, 1.165) is 37.4 Å². The number of carboxylic acid groups (broad SMARTS) is 1. The molecule has 0 saturated heterocycles. The molecule has 0 atom stereocenters. The smallest absolute Gasteiger partial charge is 0.314 e. The van der Waals surface area contributed by atoms with E-state index in [9.17, 15) is 4.79 Å². The van der Waals surface area contributed by atoms with E-state index in [0.29, 0.717) is 5.82 Å². The van der Waals surface area contributed by atoms with E-state index in [1.165, 1.54) is 0 Å². The molecule has 1 aliphatic carbocycles. The van der Waals surface area contributed by atoms with Gasteiger partial charge in [0.15, 0.2) is 0 Å². The number of carboxylic acids is 1. The van der Waals surface area contributed by atoms with Crippen LogP contribution in [0.2, 0.25) is 0 Å². The van der Waals surface area contributed by atoms with Gasteiger partial charge in [-0.1, -0.05) is 16.9 Å². The Hall–Kier alpha value is -1.08. The molecular formula is C10H14N2O4S. The molecule has 1 aromatic heterocycles. The summed E-state index contributed by atoms with van der Waals surface area (Å²) in [4.78, 5) is 14.6. The molecule has 0 aromatic carbocycles. The van der Waals surface area contributed by atoms with Crippen LogP contribution in [0.15, 0.2) is 9.75 Å². The number of nitrogens with zero attached hydrogens (tertiary/aromatic N) is 2. The van der Waals surface area contributed by atoms with Crippen LogP contribution in [0.5, 0.6) is 0 Å². The van der Waals surface area contributed by atoms with Gasteiger partial charge in [0.05, 0.1) is 0 Å². The minimum atomic E-state index is -0.905. The molecule has 1 N–H and O–H groups in total. The van der Waals surface area contributed by atoms with Gasteiger partial charge >= 0.3 is 5.97 Å². The molecule has 1 heterocycles. The van der Waals surface area contributed by atoms with Gasteiger partial charge in [-0.25, -0.2) is 0 Å². The van der Waals surface area contributed by atoms with Crippen molar-refractivity contribution in [3.8, 4) is 0 Å². The van der Waals surface area contributed by atoms with Crippen LogP contribution >= 0.6 is 11.8 Å². The number of thioether (sulfide) groups is 1. The van der Waals surface area contributed by atoms with Gasteiger partial charge in [-0.05, 0) is 25.7 Å². The van der Waals surface area contributed by atoms with Crippen LogP contribution in [-0.2, 0) is 15.1 Å². The van der Waals surface area contributed by atoms with Gasteiger partial charge in [0, 0.05) is 7.11 Å². The summed E-state index contributed by atoms with van der Waals surface area (Å²) in [5.74, 6) is -0.454. The largest absolute Gasteiger partial charge is 0.481 e. The number of aromatic nitrogens is 2. The van der Waals surface area contributed by atoms with Crippen molar-refractivity contribution in [1.82, 2.24) is 10.1 Å². The third-order valence-electron chi connectivity index (χ3n) is 2.94. The number of hydrogen-bond acceptors (Lipinski definition) is 6. The van der Waals surface area contributed by atoms with Crippen LogP contribution in [0, 0.1) is 0 Å². The van der Waals surface area contributed by atoms with Crippen molar-refractivity contribution in [2.75, 3.05) is 12.9 Å². The van der Waals surface area contributed by atoms with Crippen molar-refractivity contribution in [2.24, 2.45) is 0 Å². The number of ether oxygens (including phenoxy) is 1. The second-order valence-corrected chi connectivity index (χ2v) is 4.90. The normalized spacial score (nSPS) is 18.4. The first-order valence-corrected chi connectivity index (χ1v) is 6.39. The van der Waals surface area contributed by atoms with E-state index >= 15 is 0 Å². The fourth-order valence-electron chi connectivity index (χ4n) is 2.04. The maximum atomic E-state index is 10.4. The van der Waals surface area contributed by atoms with Gasteiger partial charge in [-0.3, -0.25) is 4.79 Å². The Balaban J connectivity index is 2.08. The molecular weight excluding hydrogens is 244 g/mol. The minimum Gasteiger partial charge on any atom is -0.481 e. The fourth-order valence-corrected chi connectivity index (χ4v) is 2.53. The van der Waals surface area contributed by atoms with Crippen LogP contribution in [-0.4, -0.2) is 34.1 Å². The molecule has 1 aromatic rings. The minimum absolute atomic E-state index is 0.0817. The van der Waals surface area contributed by atoms with E-state index in [1.807, 2.05) is 0 Å². The highest BCUT2D eigenvalue weighted by atomic mass is 32.2. The second kappa shape index (κ2) is 5.05. The molecule has 0 aliphatic heterocycles. The maximum Gasteiger partial charge on any atom is 0.314 e. The Morgan fingerprint density at radius 1 is 1.59 bits per heavy atom. The third-order valence-corrected chi connectivity index (χ3v) is 3.74. The lowest BCUT2D eigenvalue weighted by atomic mass is 10.0. The van der Waals surface area contributed by atoms with Gasteiger partial charge in [0.2, 0.25) is 5.82 Å². The Morgan fingerprint density at radius 2 is 2.29 bits per heavy atom. The zero-order chi connectivity index (χ0) is 12.3. The predicted molar refractivity (Wildman–Crippen MR) is 59.8 cm³/mol. The van der Waals surface area contributed by atoms with Crippen molar-refractivity contribution in [1.29, 1.82) is 0 Å². The van der Waals surface area contributed by atoms with E-state index in [-0.39, 0.29) is 11.0 Å². The maximum absolute atomic E-state index is 10.4. The van der Waals surface area contributed by atoms with Gasteiger partial charge in [0.1, 0.15) is 11.4 Å². The zero-order valence-electron chi connectivity index (χ0n) is 9.51. The standard InChI is InChI=1S/C10H14N2O4S/c1-15-10(4-2-3-5-10)8-11-9(16-12-8)17-6-7(13)14/h2-6H2,1H3,(H,13,14). The van der Waals surface area contributed by atoms with E-state index in [4.69, 9.17) is 14.4 Å². The van der Waals surface area contributed by atoms with Gasteiger partial charge in [0.25, 0.3) is 5.22 Å². The Morgan fingerprint density at radius 3 is 2.88 bits per heavy atom. The van der Waals surface area contributed by atoms with Crippen LogP contribution in [0.4, 0.5) is 0 Å². The highest BCUT2D eigenvalue weighted by molar-refractivity contribution is 7.99. The molecule has 0 radical (unpaired) electrons. The predicted octanol–water partition coefficient (Wildman–Crippen LogP) is 1.66. The summed E-state index contributed by atoms with van der Waals surface area (Å²) in [6.07, 6.45) is 3.93. The molecule has 7 heteroatoms. The lowest BCUT2D eigenvalue weighted by molar-refractivity contribution is -0.133. The van der Waals surface area contributed by atoms with Gasteiger partial charge < -0.3 is 14.4 Å². The van der Waals surface area contributed by atoms with Gasteiger partial charge in [-0.2, -0.15) is 4.98 Å². The number of rotatable bonds is 5. The molecule has 0 spiro atoms. The Bertz CT molecular complexity index is 401. The fraction of sp³-hybridized carbons (Fsp3) is 0.700. The van der Waals surface area contributed by atoms with E-state index in [1.54, 1.807) is 7.11 Å². The topological polar surface area (TPSA) is 85.5 Å². The summed E-state index contributed by atoms with van der Waals surface area (Å²) < 4.78 is 10.5. The van der Waals surface area contributed by atoms with E-state index < -0.39 is 11.6 Å². The van der Waals surface area contributed by atoms with Crippen molar-refractivity contribution in [2.45, 2.75) is 36.5 Å². The quantitative estimate of drug-likeness (QED) is 0.804. The summed E-state index contributed by atoms with van der Waals surface area (Å²) in [7, 11) is 1.64. The summed E-state index contributed by atoms with van der Waals surface area (Å²) in [6, 6.07) is 0. The van der Waals surface area contributed by atoms with E-state index in [2.05, 4.69) is 10.1 Å².